The summed E-state index contributed by atoms with van der Waals surface area (Å²) in [4.78, 5) is 10.6. The van der Waals surface area contributed by atoms with E-state index in [4.69, 9.17) is 24.6 Å². The number of hydrogen-bond donors (Lipinski definition) is 1. The summed E-state index contributed by atoms with van der Waals surface area (Å²) in [6, 6.07) is 5.45. The molecule has 6 nitrogen and oxygen atoms in total. The van der Waals surface area contributed by atoms with Crippen LogP contribution in [0.2, 0.25) is 0 Å². The lowest BCUT2D eigenvalue weighted by Gasteiger charge is -2.10. The lowest BCUT2D eigenvalue weighted by Crippen LogP contribution is -1.99. The molecule has 0 unspecified atom stereocenters. The van der Waals surface area contributed by atoms with Gasteiger partial charge in [-0.15, -0.1) is 0 Å². The normalized spacial score (nSPS) is 12.3. The predicted molar refractivity (Wildman–Crippen MR) is 74.2 cm³/mol. The Hall–Kier alpha value is -2.68. The molecule has 0 radical (unpaired) electrons. The Morgan fingerprint density at radius 3 is 2.86 bits per heavy atom. The van der Waals surface area contributed by atoms with Crippen LogP contribution in [0, 0.1) is 11.3 Å². The summed E-state index contributed by atoms with van der Waals surface area (Å²) in [6.07, 6.45) is 4.51. The van der Waals surface area contributed by atoms with Crippen molar-refractivity contribution in [2.24, 2.45) is 0 Å². The zero-order chi connectivity index (χ0) is 15.1. The first-order valence-corrected chi connectivity index (χ1v) is 6.55. The van der Waals surface area contributed by atoms with Crippen LogP contribution in [-0.4, -0.2) is 24.5 Å². The fourth-order valence-electron chi connectivity index (χ4n) is 1.84. The van der Waals surface area contributed by atoms with Crippen molar-refractivity contribution in [3.8, 4) is 23.3 Å². The van der Waals surface area contributed by atoms with Gasteiger partial charge in [-0.05, 0) is 25.0 Å². The maximum Gasteiger partial charge on any atom is 0.328 e. The van der Waals surface area contributed by atoms with Gasteiger partial charge in [0.25, 0.3) is 0 Å². The quantitative estimate of drug-likeness (QED) is 0.613. The van der Waals surface area contributed by atoms with E-state index in [1.54, 1.807) is 12.1 Å². The van der Waals surface area contributed by atoms with Crippen molar-refractivity contribution in [3.63, 3.8) is 0 Å². The molecule has 1 heterocycles. The minimum atomic E-state index is -1.03. The molecule has 1 aliphatic heterocycles. The van der Waals surface area contributed by atoms with Gasteiger partial charge in [-0.2, -0.15) is 5.26 Å². The van der Waals surface area contributed by atoms with Gasteiger partial charge in [0.2, 0.25) is 6.79 Å². The number of carbonyl (C=O) groups is 1. The van der Waals surface area contributed by atoms with Crippen molar-refractivity contribution >= 4 is 12.0 Å². The average Bonchev–Trinajstić information content (AvgIpc) is 2.91. The maximum atomic E-state index is 10.6. The lowest BCUT2D eigenvalue weighted by atomic mass is 10.1. The Bertz CT molecular complexity index is 588. The molecule has 1 aromatic carbocycles. The SMILES string of the molecule is N#CCCCCOc1cc2c(cc1C=CC(=O)O)OCO2. The van der Waals surface area contributed by atoms with Gasteiger partial charge in [0.05, 0.1) is 12.7 Å². The molecule has 6 heteroatoms. The number of fused-ring (bicyclic) bond motifs is 1. The zero-order valence-electron chi connectivity index (χ0n) is 11.4. The molecule has 0 aliphatic carbocycles. The highest BCUT2D eigenvalue weighted by Gasteiger charge is 2.17. The number of nitriles is 1. The fourth-order valence-corrected chi connectivity index (χ4v) is 1.84. The van der Waals surface area contributed by atoms with E-state index in [1.165, 1.54) is 6.08 Å². The summed E-state index contributed by atoms with van der Waals surface area (Å²) in [5.74, 6) is 0.646. The molecule has 0 saturated heterocycles. The van der Waals surface area contributed by atoms with Gasteiger partial charge in [0.1, 0.15) is 5.75 Å². The van der Waals surface area contributed by atoms with Gasteiger partial charge < -0.3 is 19.3 Å². The van der Waals surface area contributed by atoms with E-state index in [2.05, 4.69) is 6.07 Å². The highest BCUT2D eigenvalue weighted by atomic mass is 16.7. The van der Waals surface area contributed by atoms with Crippen molar-refractivity contribution in [2.45, 2.75) is 19.3 Å². The van der Waals surface area contributed by atoms with E-state index in [0.29, 0.717) is 35.8 Å². The number of aliphatic carboxylic acids is 1. The number of nitrogens with zero attached hydrogens (tertiary/aromatic N) is 1. The van der Waals surface area contributed by atoms with Gasteiger partial charge in [0, 0.05) is 24.1 Å². The van der Waals surface area contributed by atoms with Crippen LogP contribution in [0.15, 0.2) is 18.2 Å². The number of hydrogen-bond acceptors (Lipinski definition) is 5. The molecule has 0 amide bonds. The minimum Gasteiger partial charge on any atom is -0.493 e. The molecule has 1 N–H and O–H groups in total. The molecule has 0 atom stereocenters. The van der Waals surface area contributed by atoms with Crippen LogP contribution < -0.4 is 14.2 Å². The molecule has 0 bridgehead atoms. The average molecular weight is 289 g/mol. The van der Waals surface area contributed by atoms with E-state index in [0.717, 1.165) is 18.9 Å². The van der Waals surface area contributed by atoms with Crippen molar-refractivity contribution in [1.29, 1.82) is 5.26 Å². The summed E-state index contributed by atoms with van der Waals surface area (Å²) in [7, 11) is 0. The lowest BCUT2D eigenvalue weighted by molar-refractivity contribution is -0.131. The highest BCUT2D eigenvalue weighted by molar-refractivity contribution is 5.86. The molecule has 1 aromatic rings. The number of benzene rings is 1. The summed E-state index contributed by atoms with van der Waals surface area (Å²) in [5, 5.41) is 17.2. The molecular weight excluding hydrogens is 274 g/mol. The molecule has 0 fully saturated rings. The summed E-state index contributed by atoms with van der Waals surface area (Å²) in [6.45, 7) is 0.596. The molecule has 110 valence electrons. The second kappa shape index (κ2) is 7.20. The van der Waals surface area contributed by atoms with Crippen LogP contribution in [0.25, 0.3) is 6.08 Å². The molecule has 0 saturated carbocycles. The third-order valence-electron chi connectivity index (χ3n) is 2.85. The minimum absolute atomic E-state index is 0.142. The van der Waals surface area contributed by atoms with Crippen molar-refractivity contribution < 1.29 is 24.1 Å². The van der Waals surface area contributed by atoms with Crippen molar-refractivity contribution in [3.05, 3.63) is 23.8 Å². The van der Waals surface area contributed by atoms with Crippen LogP contribution in [0.5, 0.6) is 17.2 Å². The fraction of sp³-hybridized carbons (Fsp3) is 0.333. The Kier molecular flexibility index (Phi) is 5.04. The van der Waals surface area contributed by atoms with Gasteiger partial charge in [0.15, 0.2) is 11.5 Å². The smallest absolute Gasteiger partial charge is 0.328 e. The molecule has 21 heavy (non-hydrogen) atoms. The molecular formula is C15H15NO5. The van der Waals surface area contributed by atoms with Gasteiger partial charge in [-0.1, -0.05) is 0 Å². The van der Waals surface area contributed by atoms with E-state index >= 15 is 0 Å². The van der Waals surface area contributed by atoms with Gasteiger partial charge >= 0.3 is 5.97 Å². The summed E-state index contributed by atoms with van der Waals surface area (Å²) < 4.78 is 16.2. The summed E-state index contributed by atoms with van der Waals surface area (Å²) in [5.41, 5.74) is 0.613. The topological polar surface area (TPSA) is 88.8 Å². The van der Waals surface area contributed by atoms with E-state index < -0.39 is 5.97 Å². The second-order valence-electron chi connectivity index (χ2n) is 4.38. The number of rotatable bonds is 7. The summed E-state index contributed by atoms with van der Waals surface area (Å²) >= 11 is 0. The maximum absolute atomic E-state index is 10.6. The molecule has 1 aliphatic rings. The monoisotopic (exact) mass is 289 g/mol. The van der Waals surface area contributed by atoms with E-state index in [9.17, 15) is 4.79 Å². The van der Waals surface area contributed by atoms with Gasteiger partial charge in [-0.3, -0.25) is 0 Å². The zero-order valence-corrected chi connectivity index (χ0v) is 11.4. The van der Waals surface area contributed by atoms with Crippen LogP contribution in [0.3, 0.4) is 0 Å². The van der Waals surface area contributed by atoms with Gasteiger partial charge in [-0.25, -0.2) is 4.79 Å². The second-order valence-corrected chi connectivity index (χ2v) is 4.38. The van der Waals surface area contributed by atoms with E-state index in [-0.39, 0.29) is 6.79 Å². The largest absolute Gasteiger partial charge is 0.493 e. The van der Waals surface area contributed by atoms with E-state index in [1.807, 2.05) is 0 Å². The van der Waals surface area contributed by atoms with Crippen LogP contribution in [-0.2, 0) is 4.79 Å². The number of carboxylic acids is 1. The number of carboxylic acid groups (broad SMARTS) is 1. The third kappa shape index (κ3) is 4.14. The first-order valence-electron chi connectivity index (χ1n) is 6.55. The number of ether oxygens (including phenoxy) is 3. The van der Waals surface area contributed by atoms with Crippen LogP contribution in [0.1, 0.15) is 24.8 Å². The van der Waals surface area contributed by atoms with Crippen molar-refractivity contribution in [2.75, 3.05) is 13.4 Å². The molecule has 2 rings (SSSR count). The Morgan fingerprint density at radius 2 is 2.14 bits per heavy atom. The standard InChI is InChI=1S/C15H15NO5/c16-6-2-1-3-7-19-12-9-14-13(20-10-21-14)8-11(12)4-5-15(17)18/h4-5,8-9H,1-3,7,10H2,(H,17,18). The van der Waals surface area contributed by atoms with Crippen molar-refractivity contribution in [1.82, 2.24) is 0 Å². The van der Waals surface area contributed by atoms with Crippen LogP contribution >= 0.6 is 0 Å². The first kappa shape index (κ1) is 14.7. The predicted octanol–water partition coefficient (Wildman–Crippen LogP) is 2.59. The Labute approximate surface area is 122 Å². The first-order chi connectivity index (χ1) is 10.2. The molecule has 0 aromatic heterocycles. The molecule has 0 spiro atoms. The van der Waals surface area contributed by atoms with Crippen LogP contribution in [0.4, 0.5) is 0 Å². The third-order valence-corrected chi connectivity index (χ3v) is 2.85. The number of unbranched alkanes of at least 4 members (excludes halogenated alkanes) is 2. The Balaban J connectivity index is 2.10. The Morgan fingerprint density at radius 1 is 1.38 bits per heavy atom. The highest BCUT2D eigenvalue weighted by Crippen LogP contribution is 2.38.